The molecule has 0 saturated heterocycles. The van der Waals surface area contributed by atoms with Gasteiger partial charge in [0, 0.05) is 12.5 Å². The Bertz CT molecular complexity index is 1630. The molecule has 0 radical (unpaired) electrons. The van der Waals surface area contributed by atoms with Crippen molar-refractivity contribution in [1.82, 2.24) is 14.1 Å². The van der Waals surface area contributed by atoms with Crippen LogP contribution in [-0.4, -0.2) is 38.4 Å². The topological polar surface area (TPSA) is 126 Å². The van der Waals surface area contributed by atoms with Gasteiger partial charge in [-0.1, -0.05) is 37.3 Å². The Morgan fingerprint density at radius 2 is 1.83 bits per heavy atom. The Kier molecular flexibility index (Phi) is 8.72. The van der Waals surface area contributed by atoms with Crippen LogP contribution in [-0.2, 0) is 26.5 Å². The molecule has 1 N–H and O–H groups in total. The lowest BCUT2D eigenvalue weighted by molar-refractivity contribution is -0.177. The van der Waals surface area contributed by atoms with Crippen molar-refractivity contribution in [2.75, 3.05) is 13.2 Å². The number of aliphatic hydroxyl groups is 1. The highest BCUT2D eigenvalue weighted by Crippen LogP contribution is 2.36. The van der Waals surface area contributed by atoms with Gasteiger partial charge in [-0.3, -0.25) is 14.2 Å². The summed E-state index contributed by atoms with van der Waals surface area (Å²) in [6.45, 7) is 12.1. The molecule has 1 aromatic carbocycles. The van der Waals surface area contributed by atoms with Crippen LogP contribution in [0.3, 0.4) is 0 Å². The second kappa shape index (κ2) is 11.8. The van der Waals surface area contributed by atoms with E-state index in [1.165, 1.54) is 42.2 Å². The summed E-state index contributed by atoms with van der Waals surface area (Å²) in [6, 6.07) is 9.45. The molecule has 11 heteroatoms. The van der Waals surface area contributed by atoms with E-state index >= 15 is 0 Å². The average Bonchev–Trinajstić information content (AvgIpc) is 3.55. The fraction of sp³-hybridized carbons (Fsp3) is 0.467. The average molecular weight is 584 g/mol. The lowest BCUT2D eigenvalue weighted by atomic mass is 9.97. The molecule has 0 spiro atoms. The van der Waals surface area contributed by atoms with Gasteiger partial charge in [-0.2, -0.15) is 0 Å². The van der Waals surface area contributed by atoms with Gasteiger partial charge < -0.3 is 19.0 Å². The van der Waals surface area contributed by atoms with Crippen LogP contribution in [0, 0.1) is 18.3 Å². The zero-order chi connectivity index (χ0) is 30.1. The van der Waals surface area contributed by atoms with Crippen molar-refractivity contribution in [3.05, 3.63) is 74.8 Å². The van der Waals surface area contributed by atoms with Crippen molar-refractivity contribution in [2.24, 2.45) is 11.3 Å². The zero-order valence-electron chi connectivity index (χ0n) is 24.5. The van der Waals surface area contributed by atoms with Crippen molar-refractivity contribution in [1.29, 1.82) is 0 Å². The van der Waals surface area contributed by atoms with Gasteiger partial charge in [0.25, 0.3) is 5.56 Å². The highest BCUT2D eigenvalue weighted by molar-refractivity contribution is 7.22. The van der Waals surface area contributed by atoms with Crippen molar-refractivity contribution < 1.29 is 23.8 Å². The molecule has 0 amide bonds. The molecule has 1 unspecified atom stereocenters. The highest BCUT2D eigenvalue weighted by atomic mass is 32.1. The largest absolute Gasteiger partial charge is 0.444 e. The number of nitrogens with zero attached hydrogens (tertiary/aromatic N) is 3. The SMILES string of the molecule is Cc1c(-c2ncco2)sc2c1c(=O)n(C(C)(C)OC(=O)C(C)(C)C)c(=O)n2C[C@H](OCC(C)CO)c1ccccc1. The molecule has 2 atom stereocenters. The number of aryl methyl sites for hydroxylation is 1. The first-order valence-electron chi connectivity index (χ1n) is 13.5. The standard InChI is InChI=1S/C30H37N3O7S/c1-18(16-34)17-39-21(20-11-9-8-10-12-20)15-32-26-22(19(2)23(41-26)24-31-13-14-38-24)25(35)33(28(32)37)30(6,7)40-27(36)29(3,4)5/h8-14,18,21,34H,15-17H2,1-7H3/t18?,21-/m0/s1. The Balaban J connectivity index is 1.97. The molecule has 3 aromatic heterocycles. The number of thiophene rings is 1. The van der Waals surface area contributed by atoms with Crippen LogP contribution in [0.1, 0.15) is 58.8 Å². The Labute approximate surface area is 242 Å². The maximum atomic E-state index is 14.3. The fourth-order valence-electron chi connectivity index (χ4n) is 4.37. The van der Waals surface area contributed by atoms with Crippen LogP contribution < -0.4 is 11.2 Å². The predicted octanol–water partition coefficient (Wildman–Crippen LogP) is 4.86. The minimum Gasteiger partial charge on any atom is -0.444 e. The third-order valence-corrected chi connectivity index (χ3v) is 8.05. The number of aromatic nitrogens is 3. The van der Waals surface area contributed by atoms with E-state index in [1.54, 1.807) is 27.7 Å². The van der Waals surface area contributed by atoms with Crippen molar-refractivity contribution in [3.8, 4) is 10.8 Å². The van der Waals surface area contributed by atoms with Crippen LogP contribution >= 0.6 is 11.3 Å². The van der Waals surface area contributed by atoms with E-state index in [0.29, 0.717) is 26.5 Å². The van der Waals surface area contributed by atoms with Gasteiger partial charge >= 0.3 is 11.7 Å². The molecule has 0 saturated carbocycles. The number of benzene rings is 1. The summed E-state index contributed by atoms with van der Waals surface area (Å²) < 4.78 is 20.1. The minimum absolute atomic E-state index is 0.0481. The molecule has 0 aliphatic carbocycles. The number of oxazole rings is 1. The van der Waals surface area contributed by atoms with Gasteiger partial charge in [-0.25, -0.2) is 14.3 Å². The number of esters is 1. The van der Waals surface area contributed by atoms with Gasteiger partial charge in [0.2, 0.25) is 5.89 Å². The number of hydrogen-bond acceptors (Lipinski definition) is 9. The molecule has 0 bridgehead atoms. The van der Waals surface area contributed by atoms with Crippen LogP contribution in [0.2, 0.25) is 0 Å². The smallest absolute Gasteiger partial charge is 0.335 e. The first-order chi connectivity index (χ1) is 19.3. The van der Waals surface area contributed by atoms with Gasteiger partial charge in [0.15, 0.2) is 5.72 Å². The van der Waals surface area contributed by atoms with Crippen LogP contribution in [0.5, 0.6) is 0 Å². The molecule has 0 aliphatic heterocycles. The molecule has 0 aliphatic rings. The number of carbonyl (C=O) groups is 1. The number of ether oxygens (including phenoxy) is 2. The maximum absolute atomic E-state index is 14.3. The molecule has 3 heterocycles. The number of rotatable bonds is 10. The molecule has 0 fully saturated rings. The van der Waals surface area contributed by atoms with E-state index < -0.39 is 34.5 Å². The summed E-state index contributed by atoms with van der Waals surface area (Å²) in [5.41, 5.74) is -2.24. The molecule has 4 aromatic rings. The van der Waals surface area contributed by atoms with Crippen molar-refractivity contribution in [3.63, 3.8) is 0 Å². The third kappa shape index (κ3) is 6.22. The number of aliphatic hydroxyl groups excluding tert-OH is 1. The monoisotopic (exact) mass is 583 g/mol. The normalized spacial score (nSPS) is 13.9. The molecule has 220 valence electrons. The molecule has 10 nitrogen and oxygen atoms in total. The molecular formula is C30H37N3O7S. The van der Waals surface area contributed by atoms with E-state index in [4.69, 9.17) is 13.9 Å². The quantitative estimate of drug-likeness (QED) is 0.263. The summed E-state index contributed by atoms with van der Waals surface area (Å²) in [5.74, 6) is -0.339. The van der Waals surface area contributed by atoms with Gasteiger partial charge in [-0.15, -0.1) is 11.3 Å². The molecule has 4 rings (SSSR count). The second-order valence-electron chi connectivity index (χ2n) is 11.7. The van der Waals surface area contributed by atoms with E-state index in [2.05, 4.69) is 4.98 Å². The van der Waals surface area contributed by atoms with E-state index in [-0.39, 0.29) is 25.7 Å². The summed E-state index contributed by atoms with van der Waals surface area (Å²) in [6.07, 6.45) is 2.38. The first kappa shape index (κ1) is 30.4. The van der Waals surface area contributed by atoms with E-state index in [9.17, 15) is 19.5 Å². The van der Waals surface area contributed by atoms with Crippen molar-refractivity contribution >= 4 is 27.5 Å². The fourth-order valence-corrected chi connectivity index (χ4v) is 5.61. The summed E-state index contributed by atoms with van der Waals surface area (Å²) in [7, 11) is 0. The van der Waals surface area contributed by atoms with E-state index in [1.807, 2.05) is 37.3 Å². The lowest BCUT2D eigenvalue weighted by Crippen LogP contribution is -2.52. The van der Waals surface area contributed by atoms with Gasteiger partial charge in [0.1, 0.15) is 17.2 Å². The summed E-state index contributed by atoms with van der Waals surface area (Å²) in [5, 5.41) is 9.88. The number of fused-ring (bicyclic) bond motifs is 1. The Hall–Kier alpha value is -3.54. The predicted molar refractivity (Wildman–Crippen MR) is 157 cm³/mol. The number of hydrogen-bond donors (Lipinski definition) is 1. The zero-order valence-corrected chi connectivity index (χ0v) is 25.3. The maximum Gasteiger partial charge on any atom is 0.335 e. The molecule has 41 heavy (non-hydrogen) atoms. The number of carbonyl (C=O) groups excluding carboxylic acids is 1. The van der Waals surface area contributed by atoms with Crippen LogP contribution in [0.15, 0.2) is 56.8 Å². The van der Waals surface area contributed by atoms with Gasteiger partial charge in [0.05, 0.1) is 35.0 Å². The minimum atomic E-state index is -1.60. The summed E-state index contributed by atoms with van der Waals surface area (Å²) >= 11 is 1.23. The Morgan fingerprint density at radius 1 is 1.15 bits per heavy atom. The lowest BCUT2D eigenvalue weighted by Gasteiger charge is -2.31. The first-order valence-corrected chi connectivity index (χ1v) is 14.3. The highest BCUT2D eigenvalue weighted by Gasteiger charge is 2.36. The van der Waals surface area contributed by atoms with Crippen LogP contribution in [0.25, 0.3) is 21.0 Å². The summed E-state index contributed by atoms with van der Waals surface area (Å²) in [4.78, 5) is 46.5. The van der Waals surface area contributed by atoms with Crippen molar-refractivity contribution in [2.45, 2.75) is 66.8 Å². The second-order valence-corrected chi connectivity index (χ2v) is 12.7. The Morgan fingerprint density at radius 3 is 2.41 bits per heavy atom. The third-order valence-electron chi connectivity index (χ3n) is 6.75. The van der Waals surface area contributed by atoms with Crippen LogP contribution in [0.4, 0.5) is 0 Å². The van der Waals surface area contributed by atoms with Gasteiger partial charge in [-0.05, 0) is 52.7 Å². The van der Waals surface area contributed by atoms with E-state index in [0.717, 1.165) is 10.1 Å². The molecular weight excluding hydrogens is 546 g/mol.